The van der Waals surface area contributed by atoms with Crippen LogP contribution in [0.2, 0.25) is 0 Å². The van der Waals surface area contributed by atoms with Gasteiger partial charge in [-0.2, -0.15) is 28.1 Å². The molecule has 0 aliphatic carbocycles. The maximum Gasteiger partial charge on any atom is 0.422 e. The Morgan fingerprint density at radius 2 is 1.42 bits per heavy atom. The van der Waals surface area contributed by atoms with Crippen molar-refractivity contribution in [2.75, 3.05) is 17.2 Å². The molecule has 10 nitrogen and oxygen atoms in total. The molecule has 2 aromatic carbocycles. The van der Waals surface area contributed by atoms with E-state index in [-0.39, 0.29) is 24.3 Å². The van der Waals surface area contributed by atoms with Crippen LogP contribution in [0.15, 0.2) is 48.5 Å². The van der Waals surface area contributed by atoms with Crippen molar-refractivity contribution >= 4 is 29.9 Å². The van der Waals surface area contributed by atoms with Crippen LogP contribution < -0.4 is 26.0 Å². The Morgan fingerprint density at radius 3 is 2.09 bits per heavy atom. The molecule has 0 unspecified atom stereocenters. The number of carbonyl (C=O) groups excluding carboxylic acids is 2. The van der Waals surface area contributed by atoms with Crippen molar-refractivity contribution in [2.45, 2.75) is 77.7 Å². The van der Waals surface area contributed by atoms with E-state index in [1.54, 1.807) is 12.1 Å². The van der Waals surface area contributed by atoms with Gasteiger partial charge in [0.15, 0.2) is 6.61 Å². The van der Waals surface area contributed by atoms with Crippen LogP contribution in [0.5, 0.6) is 6.01 Å². The molecule has 0 aliphatic rings. The van der Waals surface area contributed by atoms with E-state index in [2.05, 4.69) is 43.1 Å². The summed E-state index contributed by atoms with van der Waals surface area (Å²) >= 11 is 0. The lowest BCUT2D eigenvalue weighted by Crippen LogP contribution is -2.22. The average molecular weight is 602 g/mol. The highest BCUT2D eigenvalue weighted by atomic mass is 19.4. The van der Waals surface area contributed by atoms with Crippen LogP contribution in [0.4, 0.5) is 30.8 Å². The number of unbranched alkanes of at least 4 members (excludes halogenated alkanes) is 5. The van der Waals surface area contributed by atoms with Crippen molar-refractivity contribution in [2.24, 2.45) is 0 Å². The number of alkyl halides is 3. The Bertz CT molecular complexity index is 1270. The summed E-state index contributed by atoms with van der Waals surface area (Å²) in [7, 11) is 0. The summed E-state index contributed by atoms with van der Waals surface area (Å²) in [5.41, 5.74) is 3.24. The first-order valence-corrected chi connectivity index (χ1v) is 14.3. The molecule has 0 saturated heterocycles. The van der Waals surface area contributed by atoms with Crippen LogP contribution in [0.3, 0.4) is 0 Å². The molecule has 4 N–H and O–H groups in total. The van der Waals surface area contributed by atoms with Crippen LogP contribution in [-0.4, -0.2) is 40.1 Å². The lowest BCUT2D eigenvalue weighted by atomic mass is 10.1. The van der Waals surface area contributed by atoms with Gasteiger partial charge in [0.25, 0.3) is 0 Å². The number of ether oxygens (including phenoxy) is 1. The maximum atomic E-state index is 12.8. The van der Waals surface area contributed by atoms with Gasteiger partial charge in [-0.15, -0.1) is 0 Å². The molecule has 232 valence electrons. The summed E-state index contributed by atoms with van der Waals surface area (Å²) in [5.74, 6) is 0.0242. The van der Waals surface area contributed by atoms with Gasteiger partial charge in [-0.05, 0) is 35.2 Å². The van der Waals surface area contributed by atoms with E-state index in [0.29, 0.717) is 31.6 Å². The van der Waals surface area contributed by atoms with Crippen LogP contribution in [0, 0.1) is 0 Å². The lowest BCUT2D eigenvalue weighted by Gasteiger charge is -2.12. The molecule has 13 heteroatoms. The highest BCUT2D eigenvalue weighted by Gasteiger charge is 2.29. The first-order chi connectivity index (χ1) is 20.7. The number of halogens is 3. The molecule has 0 atom stereocenters. The van der Waals surface area contributed by atoms with E-state index in [4.69, 9.17) is 4.74 Å². The Morgan fingerprint density at radius 1 is 0.814 bits per heavy atom. The van der Waals surface area contributed by atoms with Crippen LogP contribution >= 0.6 is 0 Å². The van der Waals surface area contributed by atoms with Gasteiger partial charge in [0.05, 0.1) is 0 Å². The second-order valence-corrected chi connectivity index (χ2v) is 9.95. The summed E-state index contributed by atoms with van der Waals surface area (Å²) in [5, 5.41) is 11.4. The molecule has 0 spiro atoms. The number of hydrogen-bond donors (Lipinski definition) is 4. The zero-order chi connectivity index (χ0) is 30.9. The Kier molecular flexibility index (Phi) is 13.5. The lowest BCUT2D eigenvalue weighted by molar-refractivity contribution is -0.154. The van der Waals surface area contributed by atoms with Gasteiger partial charge in [-0.1, -0.05) is 75.4 Å². The quantitative estimate of drug-likeness (QED) is 0.101. The highest BCUT2D eigenvalue weighted by Crippen LogP contribution is 2.21. The number of aromatic nitrogens is 3. The smallest absolute Gasteiger partial charge is 0.422 e. The molecule has 0 aliphatic heterocycles. The van der Waals surface area contributed by atoms with E-state index in [1.165, 1.54) is 19.3 Å². The standard InChI is InChI=1S/C30H38F3N7O3/c1-2-3-4-5-6-7-8-26(42)35-18-24-13-15-25(16-14-24)37-28-38-27(39-29(40-28)43-20-30(31,32)33)36-19-23-11-9-22(10-12-23)17-34-21-41/h9-16,21H,2-8,17-20H2,1H3,(H,34,41)(H,35,42)(H2,36,37,38,39,40). The molecule has 0 bridgehead atoms. The predicted molar refractivity (Wildman–Crippen MR) is 158 cm³/mol. The molecule has 1 heterocycles. The zero-order valence-corrected chi connectivity index (χ0v) is 24.2. The topological polar surface area (TPSA) is 130 Å². The third-order valence-electron chi connectivity index (χ3n) is 6.30. The number of carbonyl (C=O) groups is 2. The molecule has 3 aromatic rings. The van der Waals surface area contributed by atoms with E-state index in [9.17, 15) is 22.8 Å². The first-order valence-electron chi connectivity index (χ1n) is 14.3. The van der Waals surface area contributed by atoms with E-state index < -0.39 is 18.8 Å². The fourth-order valence-corrected chi connectivity index (χ4v) is 4.01. The molecule has 43 heavy (non-hydrogen) atoms. The summed E-state index contributed by atoms with van der Waals surface area (Å²) in [4.78, 5) is 34.8. The SMILES string of the molecule is CCCCCCCCC(=O)NCc1ccc(Nc2nc(NCc3ccc(CNC=O)cc3)nc(OCC(F)(F)F)n2)cc1. The molecule has 1 aromatic heterocycles. The van der Waals surface area contributed by atoms with Crippen LogP contribution in [0.1, 0.15) is 68.6 Å². The number of nitrogens with one attached hydrogen (secondary N) is 4. The summed E-state index contributed by atoms with van der Waals surface area (Å²) in [6, 6.07) is 14.0. The zero-order valence-electron chi connectivity index (χ0n) is 24.2. The molecule has 2 amide bonds. The second-order valence-electron chi connectivity index (χ2n) is 9.95. The fraction of sp³-hybridized carbons (Fsp3) is 0.433. The molecule has 3 rings (SSSR count). The molecule has 0 fully saturated rings. The van der Waals surface area contributed by atoms with E-state index >= 15 is 0 Å². The monoisotopic (exact) mass is 601 g/mol. The summed E-state index contributed by atoms with van der Waals surface area (Å²) < 4.78 is 43.1. The minimum absolute atomic E-state index is 0.00931. The van der Waals surface area contributed by atoms with Gasteiger partial charge in [0, 0.05) is 31.7 Å². The first kappa shape index (κ1) is 33.1. The van der Waals surface area contributed by atoms with Crippen LogP contribution in [0.25, 0.3) is 0 Å². The summed E-state index contributed by atoms with van der Waals surface area (Å²) in [6.07, 6.45) is 3.28. The highest BCUT2D eigenvalue weighted by molar-refractivity contribution is 5.75. The van der Waals surface area contributed by atoms with Crippen molar-refractivity contribution in [3.05, 3.63) is 65.2 Å². The number of benzene rings is 2. The van der Waals surface area contributed by atoms with Gasteiger partial charge in [0.2, 0.25) is 24.2 Å². The average Bonchev–Trinajstić information content (AvgIpc) is 2.99. The number of hydrogen-bond acceptors (Lipinski definition) is 8. The largest absolute Gasteiger partial charge is 0.454 e. The van der Waals surface area contributed by atoms with Crippen molar-refractivity contribution in [3.63, 3.8) is 0 Å². The Hall–Kier alpha value is -4.42. The molecule has 0 radical (unpaired) electrons. The minimum Gasteiger partial charge on any atom is -0.454 e. The van der Waals surface area contributed by atoms with E-state index in [0.717, 1.165) is 36.0 Å². The van der Waals surface area contributed by atoms with Crippen molar-refractivity contribution in [3.8, 4) is 6.01 Å². The van der Waals surface area contributed by atoms with Gasteiger partial charge in [0.1, 0.15) is 0 Å². The third kappa shape index (κ3) is 13.4. The number of anilines is 3. The third-order valence-corrected chi connectivity index (χ3v) is 6.30. The van der Waals surface area contributed by atoms with Gasteiger partial charge >= 0.3 is 12.2 Å². The van der Waals surface area contributed by atoms with Crippen LogP contribution in [-0.2, 0) is 29.2 Å². The molecular weight excluding hydrogens is 563 g/mol. The number of rotatable bonds is 19. The minimum atomic E-state index is -4.56. The van der Waals surface area contributed by atoms with Gasteiger partial charge in [-0.25, -0.2) is 0 Å². The normalized spacial score (nSPS) is 11.1. The Balaban J connectivity index is 1.57. The number of nitrogens with zero attached hydrogens (tertiary/aromatic N) is 3. The Labute approximate surface area is 249 Å². The summed E-state index contributed by atoms with van der Waals surface area (Å²) in [6.45, 7) is 1.69. The van der Waals surface area contributed by atoms with Gasteiger partial charge < -0.3 is 26.0 Å². The molecule has 0 saturated carbocycles. The number of amides is 2. The molecular formula is C30H38F3N7O3. The second kappa shape index (κ2) is 17.5. The van der Waals surface area contributed by atoms with Gasteiger partial charge in [-0.3, -0.25) is 9.59 Å². The fourth-order valence-electron chi connectivity index (χ4n) is 4.01. The van der Waals surface area contributed by atoms with Crippen molar-refractivity contribution in [1.82, 2.24) is 25.6 Å². The van der Waals surface area contributed by atoms with E-state index in [1.807, 2.05) is 36.4 Å². The predicted octanol–water partition coefficient (Wildman–Crippen LogP) is 5.78. The maximum absolute atomic E-state index is 12.8. The van der Waals surface area contributed by atoms with Crippen molar-refractivity contribution in [1.29, 1.82) is 0 Å². The van der Waals surface area contributed by atoms with Crippen molar-refractivity contribution < 1.29 is 27.5 Å².